The molecule has 0 aliphatic heterocycles. The van der Waals surface area contributed by atoms with E-state index in [9.17, 15) is 9.90 Å². The van der Waals surface area contributed by atoms with Crippen molar-refractivity contribution in [2.45, 2.75) is 104 Å². The molecule has 200 valence electrons. The van der Waals surface area contributed by atoms with Crippen molar-refractivity contribution in [2.75, 3.05) is 7.11 Å². The van der Waals surface area contributed by atoms with Gasteiger partial charge in [0.25, 0.3) is 0 Å². The third kappa shape index (κ3) is 4.64. The maximum Gasteiger partial charge on any atom is 0.305 e. The number of aliphatic hydroxyl groups excluding tert-OH is 1. The summed E-state index contributed by atoms with van der Waals surface area (Å²) in [7, 11) is 1.49. The van der Waals surface area contributed by atoms with Crippen molar-refractivity contribution in [2.24, 2.45) is 46.3 Å². The van der Waals surface area contributed by atoms with Gasteiger partial charge in [-0.25, -0.2) is 0 Å². The number of carbonyl (C=O) groups is 1. The Kier molecular flexibility index (Phi) is 7.53. The fourth-order valence-corrected chi connectivity index (χ4v) is 9.78. The number of rotatable bonds is 7. The van der Waals surface area contributed by atoms with E-state index in [-0.39, 0.29) is 12.1 Å². The normalized spacial score (nSPS) is 42.6. The highest BCUT2D eigenvalue weighted by atomic mass is 16.5. The Hall–Kier alpha value is -1.46. The van der Waals surface area contributed by atoms with Crippen LogP contribution in [0.25, 0.3) is 0 Å². The summed E-state index contributed by atoms with van der Waals surface area (Å²) in [4.78, 5) is 16.2. The molecule has 1 heterocycles. The van der Waals surface area contributed by atoms with Crippen LogP contribution in [-0.2, 0) is 16.1 Å². The van der Waals surface area contributed by atoms with E-state index in [1.807, 2.05) is 12.3 Å². The predicted octanol–water partition coefficient (Wildman–Crippen LogP) is 5.76. The summed E-state index contributed by atoms with van der Waals surface area (Å²) in [5, 5.41) is 15.4. The average molecular weight is 497 g/mol. The van der Waals surface area contributed by atoms with Crippen LogP contribution in [0, 0.1) is 46.3 Å². The SMILES string of the molecule is COC(=O)CC[C@@H](C)[C@H]1CCC2C3C(O)C[C@H]4C[C@H](NCc5ccccn5)CC[C@]4(C)C3CC[C@@]21C. The van der Waals surface area contributed by atoms with Crippen LogP contribution < -0.4 is 5.32 Å². The van der Waals surface area contributed by atoms with Gasteiger partial charge >= 0.3 is 5.97 Å². The molecule has 4 saturated carbocycles. The van der Waals surface area contributed by atoms with Gasteiger partial charge in [0.15, 0.2) is 0 Å². The van der Waals surface area contributed by atoms with E-state index in [4.69, 9.17) is 4.74 Å². The van der Waals surface area contributed by atoms with Gasteiger partial charge in [0, 0.05) is 25.2 Å². The van der Waals surface area contributed by atoms with Crippen molar-refractivity contribution in [1.29, 1.82) is 0 Å². The summed E-state index contributed by atoms with van der Waals surface area (Å²) in [5.41, 5.74) is 1.75. The second kappa shape index (κ2) is 10.4. The molecule has 4 aliphatic carbocycles. The summed E-state index contributed by atoms with van der Waals surface area (Å²) < 4.78 is 4.91. The summed E-state index contributed by atoms with van der Waals surface area (Å²) >= 11 is 0. The first kappa shape index (κ1) is 26.2. The molecule has 10 atom stereocenters. The number of nitrogens with one attached hydrogen (secondary N) is 1. The number of carbonyl (C=O) groups excluding carboxylic acids is 1. The quantitative estimate of drug-likeness (QED) is 0.470. The van der Waals surface area contributed by atoms with Crippen LogP contribution in [-0.4, -0.2) is 35.3 Å². The van der Waals surface area contributed by atoms with Crippen molar-refractivity contribution in [3.8, 4) is 0 Å². The van der Waals surface area contributed by atoms with Crippen LogP contribution in [0.4, 0.5) is 0 Å². The van der Waals surface area contributed by atoms with Crippen molar-refractivity contribution in [1.82, 2.24) is 10.3 Å². The number of hydrogen-bond acceptors (Lipinski definition) is 5. The molecule has 0 saturated heterocycles. The van der Waals surface area contributed by atoms with E-state index >= 15 is 0 Å². The van der Waals surface area contributed by atoms with Crippen molar-refractivity contribution < 1.29 is 14.6 Å². The van der Waals surface area contributed by atoms with Crippen LogP contribution in [0.1, 0.15) is 90.7 Å². The van der Waals surface area contributed by atoms with Gasteiger partial charge in [-0.2, -0.15) is 0 Å². The summed E-state index contributed by atoms with van der Waals surface area (Å²) in [6, 6.07) is 6.65. The number of fused-ring (bicyclic) bond motifs is 5. The minimum atomic E-state index is -0.170. The van der Waals surface area contributed by atoms with Gasteiger partial charge in [0.2, 0.25) is 0 Å². The Morgan fingerprint density at radius 1 is 1.14 bits per heavy atom. The minimum absolute atomic E-state index is 0.0861. The van der Waals surface area contributed by atoms with Gasteiger partial charge in [0.05, 0.1) is 18.9 Å². The van der Waals surface area contributed by atoms with Gasteiger partial charge in [0.1, 0.15) is 0 Å². The van der Waals surface area contributed by atoms with Crippen LogP contribution >= 0.6 is 0 Å². The topological polar surface area (TPSA) is 71.5 Å². The Morgan fingerprint density at radius 3 is 2.67 bits per heavy atom. The molecule has 0 bridgehead atoms. The molecule has 4 unspecified atom stereocenters. The first-order chi connectivity index (χ1) is 17.3. The zero-order chi connectivity index (χ0) is 25.5. The van der Waals surface area contributed by atoms with Gasteiger partial charge in [-0.15, -0.1) is 0 Å². The molecule has 0 aromatic carbocycles. The molecule has 0 spiro atoms. The highest BCUT2D eigenvalue weighted by Crippen LogP contribution is 2.68. The number of pyridine rings is 1. The highest BCUT2D eigenvalue weighted by Gasteiger charge is 2.62. The molecular weight excluding hydrogens is 448 g/mol. The van der Waals surface area contributed by atoms with Gasteiger partial charge < -0.3 is 15.2 Å². The molecule has 4 aliphatic rings. The molecule has 1 aromatic heterocycles. The fourth-order valence-electron chi connectivity index (χ4n) is 9.78. The van der Waals surface area contributed by atoms with Crippen LogP contribution in [0.3, 0.4) is 0 Å². The molecule has 5 heteroatoms. The van der Waals surface area contributed by atoms with E-state index in [0.717, 1.165) is 25.1 Å². The van der Waals surface area contributed by atoms with E-state index in [2.05, 4.69) is 43.2 Å². The maximum atomic E-state index is 11.8. The first-order valence-corrected chi connectivity index (χ1v) is 14.6. The van der Waals surface area contributed by atoms with Gasteiger partial charge in [-0.1, -0.05) is 26.8 Å². The zero-order valence-corrected chi connectivity index (χ0v) is 22.9. The minimum Gasteiger partial charge on any atom is -0.469 e. The fraction of sp³-hybridized carbons (Fsp3) is 0.806. The number of aliphatic hydroxyl groups is 1. The zero-order valence-electron chi connectivity index (χ0n) is 22.9. The number of nitrogens with zero attached hydrogens (tertiary/aromatic N) is 1. The van der Waals surface area contributed by atoms with Gasteiger partial charge in [-0.05, 0) is 116 Å². The summed E-state index contributed by atoms with van der Waals surface area (Å²) in [5.74, 6) is 3.40. The number of ether oxygens (including phenoxy) is 1. The smallest absolute Gasteiger partial charge is 0.305 e. The Bertz CT molecular complexity index is 908. The number of aromatic nitrogens is 1. The van der Waals surface area contributed by atoms with E-state index in [1.54, 1.807) is 0 Å². The van der Waals surface area contributed by atoms with Crippen molar-refractivity contribution >= 4 is 5.97 Å². The molecule has 36 heavy (non-hydrogen) atoms. The standard InChI is InChI=1S/C31H48N2O3/c1-20(8-11-28(35)36-4)24-9-10-25-29-26(13-15-31(24,25)3)30(2)14-12-22(17-21(30)18-27(29)34)33-19-23-7-5-6-16-32-23/h5-7,16,20-22,24-27,29,33-34H,8-15,17-19H2,1-4H3/t20-,21-,22-,24-,25?,26?,27?,29?,30+,31-/m1/s1. The van der Waals surface area contributed by atoms with Crippen LogP contribution in [0.5, 0.6) is 0 Å². The molecule has 4 fully saturated rings. The second-order valence-corrected chi connectivity index (χ2v) is 13.3. The highest BCUT2D eigenvalue weighted by molar-refractivity contribution is 5.69. The molecule has 0 radical (unpaired) electrons. The third-order valence-electron chi connectivity index (χ3n) is 11.8. The molecule has 0 amide bonds. The van der Waals surface area contributed by atoms with E-state index < -0.39 is 0 Å². The molecule has 1 aromatic rings. The maximum absolute atomic E-state index is 11.8. The number of methoxy groups -OCH3 is 1. The lowest BCUT2D eigenvalue weighted by Gasteiger charge is -2.62. The first-order valence-electron chi connectivity index (χ1n) is 14.6. The Labute approximate surface area is 218 Å². The van der Waals surface area contributed by atoms with Crippen LogP contribution in [0.2, 0.25) is 0 Å². The third-order valence-corrected chi connectivity index (χ3v) is 11.8. The Balaban J connectivity index is 1.25. The average Bonchev–Trinajstić information content (AvgIpc) is 3.24. The Morgan fingerprint density at radius 2 is 1.92 bits per heavy atom. The monoisotopic (exact) mass is 496 g/mol. The summed E-state index contributed by atoms with van der Waals surface area (Å²) in [6.07, 6.45) is 12.8. The predicted molar refractivity (Wildman–Crippen MR) is 142 cm³/mol. The second-order valence-electron chi connectivity index (χ2n) is 13.3. The van der Waals surface area contributed by atoms with Crippen molar-refractivity contribution in [3.63, 3.8) is 0 Å². The molecule has 5 rings (SSSR count). The number of hydrogen-bond donors (Lipinski definition) is 2. The van der Waals surface area contributed by atoms with Crippen molar-refractivity contribution in [3.05, 3.63) is 30.1 Å². The lowest BCUT2D eigenvalue weighted by Crippen LogP contribution is -2.59. The lowest BCUT2D eigenvalue weighted by atomic mass is 9.43. The van der Waals surface area contributed by atoms with Gasteiger partial charge in [-0.3, -0.25) is 9.78 Å². The van der Waals surface area contributed by atoms with Crippen LogP contribution in [0.15, 0.2) is 24.4 Å². The van der Waals surface area contributed by atoms with E-state index in [0.29, 0.717) is 58.8 Å². The van der Waals surface area contributed by atoms with E-state index in [1.165, 1.54) is 52.1 Å². The molecule has 2 N–H and O–H groups in total. The molecule has 5 nitrogen and oxygen atoms in total. The summed E-state index contributed by atoms with van der Waals surface area (Å²) in [6.45, 7) is 8.28. The molecular formula is C31H48N2O3. The lowest BCUT2D eigenvalue weighted by molar-refractivity contribution is -0.167. The number of esters is 1. The largest absolute Gasteiger partial charge is 0.469 e.